The number of benzene rings is 1. The second-order valence-corrected chi connectivity index (χ2v) is 4.53. The molecule has 5 nitrogen and oxygen atoms in total. The van der Waals surface area contributed by atoms with Crippen molar-refractivity contribution in [1.29, 1.82) is 0 Å². The number of hydrogen-bond acceptors (Lipinski definition) is 4. The lowest BCUT2D eigenvalue weighted by atomic mass is 10.2. The van der Waals surface area contributed by atoms with E-state index in [0.717, 1.165) is 0 Å². The first-order valence-electron chi connectivity index (χ1n) is 4.14. The molecule has 1 aromatic heterocycles. The van der Waals surface area contributed by atoms with Gasteiger partial charge < -0.3 is 4.42 Å². The van der Waals surface area contributed by atoms with E-state index in [2.05, 4.69) is 4.58 Å². The summed E-state index contributed by atoms with van der Waals surface area (Å²) < 4.78 is 29.6. The summed E-state index contributed by atoms with van der Waals surface area (Å²) in [5, 5.41) is 0.290. The fourth-order valence-corrected chi connectivity index (χ4v) is 2.19. The van der Waals surface area contributed by atoms with Crippen LogP contribution < -0.4 is 0 Å². The van der Waals surface area contributed by atoms with E-state index in [-0.39, 0.29) is 5.09 Å². The number of furan rings is 1. The van der Waals surface area contributed by atoms with E-state index < -0.39 is 10.0 Å². The lowest BCUT2D eigenvalue weighted by molar-refractivity contribution is 0.478. The molecule has 0 N–H and O–H groups in total. The quantitative estimate of drug-likeness (QED) is 0.734. The molecule has 0 amide bonds. The van der Waals surface area contributed by atoms with Crippen LogP contribution >= 0.6 is 0 Å². The molecule has 0 spiro atoms. The highest BCUT2D eigenvalue weighted by atomic mass is 32.2. The molecule has 78 valence electrons. The Morgan fingerprint density at radius 1 is 1.27 bits per heavy atom. The first-order valence-corrected chi connectivity index (χ1v) is 5.58. The Morgan fingerprint density at radius 2 is 1.93 bits per heavy atom. The van der Waals surface area contributed by atoms with Crippen LogP contribution in [0, 0.1) is 11.8 Å². The van der Waals surface area contributed by atoms with Gasteiger partial charge in [-0.3, -0.25) is 0 Å². The zero-order valence-electron chi connectivity index (χ0n) is 7.80. The molecule has 0 aliphatic rings. The number of aryl methyl sites for hydroxylation is 1. The highest BCUT2D eigenvalue weighted by molar-refractivity contribution is 7.89. The third-order valence-corrected chi connectivity index (χ3v) is 3.19. The molecule has 0 radical (unpaired) electrons. The van der Waals surface area contributed by atoms with E-state index in [0.29, 0.717) is 16.5 Å². The lowest BCUT2D eigenvalue weighted by Crippen LogP contribution is -1.94. The third kappa shape index (κ3) is 1.42. The van der Waals surface area contributed by atoms with Gasteiger partial charge >= 0.3 is 10.0 Å². The molecule has 0 atom stereocenters. The Labute approximate surface area is 85.7 Å². The summed E-state index contributed by atoms with van der Waals surface area (Å²) in [5.41, 5.74) is 0.836. The van der Waals surface area contributed by atoms with Crippen molar-refractivity contribution in [1.82, 2.24) is 0 Å². The number of nitroso groups, excluding NO2 is 1. The van der Waals surface area contributed by atoms with E-state index in [4.69, 9.17) is 4.42 Å². The fraction of sp³-hybridized carbons (Fsp3) is 0.111. The maximum absolute atomic E-state index is 11.2. The van der Waals surface area contributed by atoms with Crippen LogP contribution in [-0.2, 0) is 10.0 Å². The minimum absolute atomic E-state index is 0.376. The van der Waals surface area contributed by atoms with E-state index >= 15 is 0 Å². The van der Waals surface area contributed by atoms with Crippen LogP contribution in [0.15, 0.2) is 38.4 Å². The molecule has 0 aliphatic carbocycles. The van der Waals surface area contributed by atoms with Crippen LogP contribution in [0.1, 0.15) is 5.56 Å². The van der Waals surface area contributed by atoms with Gasteiger partial charge in [-0.1, -0.05) is 18.2 Å². The average Bonchev–Trinajstić information content (AvgIpc) is 2.58. The minimum Gasteiger partial charge on any atom is -0.442 e. The molecule has 6 heteroatoms. The highest BCUT2D eigenvalue weighted by Gasteiger charge is 2.24. The molecule has 0 saturated carbocycles. The Bertz CT molecular complexity index is 627. The zero-order chi connectivity index (χ0) is 11.1. The van der Waals surface area contributed by atoms with Crippen LogP contribution in [0.2, 0.25) is 0 Å². The molecule has 0 bridgehead atoms. The van der Waals surface area contributed by atoms with Gasteiger partial charge in [0.15, 0.2) is 0 Å². The van der Waals surface area contributed by atoms with Crippen molar-refractivity contribution in [3.05, 3.63) is 34.7 Å². The Balaban J connectivity index is 2.85. The second kappa shape index (κ2) is 3.16. The van der Waals surface area contributed by atoms with Crippen molar-refractivity contribution in [3.8, 4) is 0 Å². The standard InChI is InChI=1S/C9H7NO4S/c1-6-7-4-2-3-5-8(7)14-9(6)15(12,13)10-11/h2-5H,1H3. The first-order chi connectivity index (χ1) is 7.06. The number of nitrogens with zero attached hydrogens (tertiary/aromatic N) is 1. The van der Waals surface area contributed by atoms with Gasteiger partial charge in [0.05, 0.1) is 4.58 Å². The summed E-state index contributed by atoms with van der Waals surface area (Å²) >= 11 is 0. The molecule has 15 heavy (non-hydrogen) atoms. The second-order valence-electron chi connectivity index (χ2n) is 3.06. The predicted molar refractivity (Wildman–Crippen MR) is 53.9 cm³/mol. The maximum Gasteiger partial charge on any atom is 0.350 e. The van der Waals surface area contributed by atoms with Crippen molar-refractivity contribution >= 4 is 21.0 Å². The summed E-state index contributed by atoms with van der Waals surface area (Å²) in [5.74, 6) is 0. The maximum atomic E-state index is 11.2. The first kappa shape index (κ1) is 9.85. The van der Waals surface area contributed by atoms with Crippen molar-refractivity contribution in [2.24, 2.45) is 4.58 Å². The van der Waals surface area contributed by atoms with Crippen LogP contribution in [-0.4, -0.2) is 8.42 Å². The summed E-state index contributed by atoms with van der Waals surface area (Å²) in [4.78, 5) is 10.2. The summed E-state index contributed by atoms with van der Waals surface area (Å²) in [6.07, 6.45) is 0. The summed E-state index contributed by atoms with van der Waals surface area (Å²) in [6, 6.07) is 6.83. The number of hydrogen-bond donors (Lipinski definition) is 0. The van der Waals surface area contributed by atoms with E-state index in [1.807, 2.05) is 0 Å². The van der Waals surface area contributed by atoms with Crippen molar-refractivity contribution in [2.45, 2.75) is 12.0 Å². The smallest absolute Gasteiger partial charge is 0.350 e. The van der Waals surface area contributed by atoms with Gasteiger partial charge in [0, 0.05) is 10.9 Å². The monoisotopic (exact) mass is 225 g/mol. The third-order valence-electron chi connectivity index (χ3n) is 2.13. The van der Waals surface area contributed by atoms with Gasteiger partial charge in [-0.25, -0.2) is 0 Å². The van der Waals surface area contributed by atoms with Gasteiger partial charge in [0.1, 0.15) is 5.58 Å². The van der Waals surface area contributed by atoms with Gasteiger partial charge in [-0.05, 0) is 13.0 Å². The predicted octanol–water partition coefficient (Wildman–Crippen LogP) is 2.20. The Hall–Kier alpha value is -1.69. The van der Waals surface area contributed by atoms with Gasteiger partial charge in [-0.2, -0.15) is 8.42 Å². The molecule has 0 unspecified atom stereocenters. The topological polar surface area (TPSA) is 76.7 Å². The fourth-order valence-electron chi connectivity index (χ4n) is 1.43. The van der Waals surface area contributed by atoms with Crippen molar-refractivity contribution in [2.75, 3.05) is 0 Å². The molecule has 0 saturated heterocycles. The van der Waals surface area contributed by atoms with Gasteiger partial charge in [0.25, 0.3) is 0 Å². The molecule has 0 fully saturated rings. The number of fused-ring (bicyclic) bond motifs is 1. The number of sulfonamides is 1. The van der Waals surface area contributed by atoms with E-state index in [1.165, 1.54) is 0 Å². The van der Waals surface area contributed by atoms with Crippen LogP contribution in [0.4, 0.5) is 0 Å². The number of rotatable bonds is 2. The SMILES string of the molecule is Cc1c(S(=O)(=O)N=O)oc2ccccc12. The molecular formula is C9H7NO4S. The minimum atomic E-state index is -4.19. The molecule has 1 aromatic carbocycles. The Morgan fingerprint density at radius 3 is 2.53 bits per heavy atom. The van der Waals surface area contributed by atoms with Gasteiger partial charge in [0.2, 0.25) is 5.09 Å². The zero-order valence-corrected chi connectivity index (χ0v) is 8.61. The van der Waals surface area contributed by atoms with Crippen molar-refractivity contribution in [3.63, 3.8) is 0 Å². The molecule has 1 heterocycles. The van der Waals surface area contributed by atoms with Crippen LogP contribution in [0.25, 0.3) is 11.0 Å². The number of para-hydroxylation sites is 1. The van der Waals surface area contributed by atoms with Gasteiger partial charge in [-0.15, -0.1) is 4.91 Å². The van der Waals surface area contributed by atoms with Crippen molar-refractivity contribution < 1.29 is 12.8 Å². The highest BCUT2D eigenvalue weighted by Crippen LogP contribution is 2.29. The largest absolute Gasteiger partial charge is 0.442 e. The normalized spacial score (nSPS) is 11.8. The van der Waals surface area contributed by atoms with Crippen LogP contribution in [0.5, 0.6) is 0 Å². The molecule has 0 aliphatic heterocycles. The average molecular weight is 225 g/mol. The lowest BCUT2D eigenvalue weighted by Gasteiger charge is -1.89. The summed E-state index contributed by atoms with van der Waals surface area (Å²) in [6.45, 7) is 1.57. The van der Waals surface area contributed by atoms with Crippen LogP contribution in [0.3, 0.4) is 0 Å². The van der Waals surface area contributed by atoms with E-state index in [1.54, 1.807) is 31.2 Å². The summed E-state index contributed by atoms with van der Waals surface area (Å²) in [7, 11) is -4.19. The Kier molecular flexibility index (Phi) is 2.08. The molecule has 2 aromatic rings. The molecule has 2 rings (SSSR count). The van der Waals surface area contributed by atoms with E-state index in [9.17, 15) is 13.3 Å². The molecular weight excluding hydrogens is 218 g/mol.